The molecule has 27 heavy (non-hydrogen) atoms. The summed E-state index contributed by atoms with van der Waals surface area (Å²) in [7, 11) is 0. The standard InChI is InChI=1S/C19H16ClF2N3OS/c1-3-11-7-8-12(20)15(9-11)27-25-19(26)17-10(2)23-18(24-17)16-13(21)5-4-6-14(16)22/h4-9H,3H2,1-2H3,(H,23,24)(H,25,26). The highest BCUT2D eigenvalue weighted by Crippen LogP contribution is 2.28. The molecule has 0 saturated carbocycles. The number of rotatable bonds is 5. The van der Waals surface area contributed by atoms with Gasteiger partial charge in [-0.05, 0) is 55.1 Å². The molecule has 4 nitrogen and oxygen atoms in total. The average Bonchev–Trinajstić information content (AvgIpc) is 3.02. The number of carbonyl (C=O) groups is 1. The maximum absolute atomic E-state index is 13.9. The molecule has 1 aromatic heterocycles. The lowest BCUT2D eigenvalue weighted by molar-refractivity contribution is 0.0979. The van der Waals surface area contributed by atoms with E-state index in [4.69, 9.17) is 11.6 Å². The number of aromatic amines is 1. The number of carbonyl (C=O) groups excluding carboxylic acids is 1. The summed E-state index contributed by atoms with van der Waals surface area (Å²) < 4.78 is 30.6. The van der Waals surface area contributed by atoms with E-state index in [1.165, 1.54) is 6.07 Å². The van der Waals surface area contributed by atoms with E-state index in [0.717, 1.165) is 36.1 Å². The fourth-order valence-electron chi connectivity index (χ4n) is 2.52. The fraction of sp³-hybridized carbons (Fsp3) is 0.158. The molecule has 2 aromatic carbocycles. The quantitative estimate of drug-likeness (QED) is 0.563. The van der Waals surface area contributed by atoms with Crippen molar-refractivity contribution in [1.82, 2.24) is 14.7 Å². The van der Waals surface area contributed by atoms with Gasteiger partial charge in [-0.25, -0.2) is 13.8 Å². The summed E-state index contributed by atoms with van der Waals surface area (Å²) in [6.45, 7) is 3.63. The Kier molecular flexibility index (Phi) is 5.82. The van der Waals surface area contributed by atoms with Gasteiger partial charge >= 0.3 is 0 Å². The van der Waals surface area contributed by atoms with Crippen LogP contribution in [0.2, 0.25) is 5.02 Å². The lowest BCUT2D eigenvalue weighted by Crippen LogP contribution is -2.17. The number of amides is 1. The van der Waals surface area contributed by atoms with Gasteiger partial charge in [0.25, 0.3) is 5.91 Å². The van der Waals surface area contributed by atoms with Crippen molar-refractivity contribution in [2.45, 2.75) is 25.2 Å². The molecule has 8 heteroatoms. The van der Waals surface area contributed by atoms with Crippen LogP contribution in [0, 0.1) is 18.6 Å². The van der Waals surface area contributed by atoms with Gasteiger partial charge in [0.2, 0.25) is 0 Å². The zero-order valence-electron chi connectivity index (χ0n) is 14.6. The van der Waals surface area contributed by atoms with Crippen molar-refractivity contribution in [2.24, 2.45) is 0 Å². The molecule has 0 bridgehead atoms. The molecule has 3 rings (SSSR count). The normalized spacial score (nSPS) is 10.9. The Morgan fingerprint density at radius 3 is 2.63 bits per heavy atom. The second kappa shape index (κ2) is 8.10. The third kappa shape index (κ3) is 4.14. The smallest absolute Gasteiger partial charge is 0.281 e. The second-order valence-electron chi connectivity index (χ2n) is 5.81. The number of benzene rings is 2. The van der Waals surface area contributed by atoms with E-state index < -0.39 is 17.5 Å². The highest BCUT2D eigenvalue weighted by atomic mass is 35.5. The summed E-state index contributed by atoms with van der Waals surface area (Å²) in [6, 6.07) is 9.12. The molecule has 1 amide bonds. The Labute approximate surface area is 164 Å². The number of aromatic nitrogens is 2. The predicted molar refractivity (Wildman–Crippen MR) is 103 cm³/mol. The van der Waals surface area contributed by atoms with Crippen LogP contribution >= 0.6 is 23.5 Å². The number of H-pyrrole nitrogens is 1. The van der Waals surface area contributed by atoms with Crippen LogP contribution in [0.15, 0.2) is 41.3 Å². The van der Waals surface area contributed by atoms with Crippen LogP contribution in [0.3, 0.4) is 0 Å². The molecule has 0 saturated heterocycles. The first kappa shape index (κ1) is 19.4. The highest BCUT2D eigenvalue weighted by Gasteiger charge is 2.20. The van der Waals surface area contributed by atoms with E-state index in [-0.39, 0.29) is 17.1 Å². The molecule has 0 spiro atoms. The fourth-order valence-corrected chi connectivity index (χ4v) is 3.43. The Morgan fingerprint density at radius 2 is 1.96 bits per heavy atom. The Morgan fingerprint density at radius 1 is 1.26 bits per heavy atom. The molecule has 0 aliphatic carbocycles. The summed E-state index contributed by atoms with van der Waals surface area (Å²) in [5.41, 5.74) is 1.25. The van der Waals surface area contributed by atoms with E-state index in [2.05, 4.69) is 14.7 Å². The number of aryl methyl sites for hydroxylation is 2. The maximum Gasteiger partial charge on any atom is 0.281 e. The van der Waals surface area contributed by atoms with Crippen LogP contribution in [0.25, 0.3) is 11.4 Å². The number of imidazole rings is 1. The van der Waals surface area contributed by atoms with E-state index in [0.29, 0.717) is 15.6 Å². The number of nitrogens with one attached hydrogen (secondary N) is 2. The molecule has 0 fully saturated rings. The number of hydrogen-bond acceptors (Lipinski definition) is 3. The second-order valence-corrected chi connectivity index (χ2v) is 7.06. The van der Waals surface area contributed by atoms with Crippen LogP contribution in [0.5, 0.6) is 0 Å². The van der Waals surface area contributed by atoms with E-state index in [1.54, 1.807) is 13.0 Å². The molecular weight excluding hydrogens is 392 g/mol. The molecule has 3 aromatic rings. The van der Waals surface area contributed by atoms with Gasteiger partial charge in [0, 0.05) is 10.6 Å². The predicted octanol–water partition coefficient (Wildman–Crippen LogP) is 5.32. The summed E-state index contributed by atoms with van der Waals surface area (Å²) in [5, 5.41) is 0.519. The molecule has 1 heterocycles. The minimum Gasteiger partial charge on any atom is -0.341 e. The molecule has 0 aliphatic rings. The van der Waals surface area contributed by atoms with E-state index in [1.807, 2.05) is 19.1 Å². The molecule has 0 aliphatic heterocycles. The van der Waals surface area contributed by atoms with Gasteiger partial charge in [-0.2, -0.15) is 0 Å². The number of halogens is 3. The highest BCUT2D eigenvalue weighted by molar-refractivity contribution is 7.98. The molecule has 140 valence electrons. The van der Waals surface area contributed by atoms with Gasteiger partial charge in [0.15, 0.2) is 0 Å². The molecule has 2 N–H and O–H groups in total. The summed E-state index contributed by atoms with van der Waals surface area (Å²) in [6.07, 6.45) is 0.842. The Balaban J connectivity index is 1.81. The average molecular weight is 408 g/mol. The maximum atomic E-state index is 13.9. The third-order valence-corrected chi connectivity index (χ3v) is 5.24. The SMILES string of the molecule is CCc1ccc(Cl)c(SNC(=O)c2nc(-c3c(F)cccc3F)[nH]c2C)c1. The third-order valence-electron chi connectivity index (χ3n) is 3.96. The van der Waals surface area contributed by atoms with Crippen molar-refractivity contribution in [3.63, 3.8) is 0 Å². The van der Waals surface area contributed by atoms with Crippen LogP contribution in [0.1, 0.15) is 28.7 Å². The van der Waals surface area contributed by atoms with Crippen molar-refractivity contribution in [1.29, 1.82) is 0 Å². The van der Waals surface area contributed by atoms with Gasteiger partial charge < -0.3 is 4.98 Å². The first-order valence-electron chi connectivity index (χ1n) is 8.17. The largest absolute Gasteiger partial charge is 0.341 e. The van der Waals surface area contributed by atoms with Crippen LogP contribution in [-0.2, 0) is 6.42 Å². The van der Waals surface area contributed by atoms with Crippen LogP contribution < -0.4 is 4.72 Å². The zero-order valence-corrected chi connectivity index (χ0v) is 16.1. The molecule has 0 unspecified atom stereocenters. The summed E-state index contributed by atoms with van der Waals surface area (Å²) in [5.74, 6) is -2.04. The van der Waals surface area contributed by atoms with E-state index >= 15 is 0 Å². The lowest BCUT2D eigenvalue weighted by Gasteiger charge is -2.07. The van der Waals surface area contributed by atoms with E-state index in [9.17, 15) is 13.6 Å². The van der Waals surface area contributed by atoms with Crippen molar-refractivity contribution >= 4 is 29.5 Å². The van der Waals surface area contributed by atoms with Crippen molar-refractivity contribution in [2.75, 3.05) is 0 Å². The first-order valence-corrected chi connectivity index (χ1v) is 9.36. The van der Waals surface area contributed by atoms with Gasteiger partial charge in [-0.3, -0.25) is 9.52 Å². The lowest BCUT2D eigenvalue weighted by atomic mass is 10.2. The topological polar surface area (TPSA) is 57.8 Å². The molecule has 0 radical (unpaired) electrons. The van der Waals surface area contributed by atoms with Crippen molar-refractivity contribution < 1.29 is 13.6 Å². The first-order chi connectivity index (χ1) is 12.9. The van der Waals surface area contributed by atoms with Crippen molar-refractivity contribution in [3.05, 3.63) is 70.0 Å². The number of nitrogens with zero attached hydrogens (tertiary/aromatic N) is 1. The van der Waals surface area contributed by atoms with Gasteiger partial charge in [0.1, 0.15) is 23.2 Å². The van der Waals surface area contributed by atoms with Gasteiger partial charge in [0.05, 0.1) is 10.6 Å². The molecular formula is C19H16ClF2N3OS. The summed E-state index contributed by atoms with van der Waals surface area (Å²) >= 11 is 7.22. The minimum atomic E-state index is -0.756. The van der Waals surface area contributed by atoms with Crippen molar-refractivity contribution in [3.8, 4) is 11.4 Å². The van der Waals surface area contributed by atoms with Gasteiger partial charge in [-0.1, -0.05) is 30.7 Å². The molecule has 0 atom stereocenters. The van der Waals surface area contributed by atoms with Crippen LogP contribution in [-0.4, -0.2) is 15.9 Å². The van der Waals surface area contributed by atoms with Crippen LogP contribution in [0.4, 0.5) is 8.78 Å². The zero-order chi connectivity index (χ0) is 19.6. The monoisotopic (exact) mass is 407 g/mol. The Hall–Kier alpha value is -2.38. The minimum absolute atomic E-state index is 0.0377. The summed E-state index contributed by atoms with van der Waals surface area (Å²) in [4.78, 5) is 20.0. The Bertz CT molecular complexity index is 986. The van der Waals surface area contributed by atoms with Gasteiger partial charge in [-0.15, -0.1) is 0 Å². The number of hydrogen-bond donors (Lipinski definition) is 2.